The molecule has 1 aromatic heterocycles. The van der Waals surface area contributed by atoms with Gasteiger partial charge in [-0.2, -0.15) is 4.98 Å². The Balaban J connectivity index is 2.20. The minimum absolute atomic E-state index is 0.639. The maximum Gasteiger partial charge on any atom is 0.218 e. The molecule has 5 heteroatoms. The van der Waals surface area contributed by atoms with Crippen molar-refractivity contribution in [3.8, 4) is 5.88 Å². The van der Waals surface area contributed by atoms with Gasteiger partial charge in [0.15, 0.2) is 0 Å². The number of nitrogens with one attached hydrogen (secondary N) is 1. The first-order chi connectivity index (χ1) is 7.79. The third kappa shape index (κ3) is 2.61. The maximum atomic E-state index is 5.16. The average molecular weight is 222 g/mol. The average Bonchev–Trinajstić information content (AvgIpc) is 2.56. The van der Waals surface area contributed by atoms with Crippen LogP contribution in [0.5, 0.6) is 5.88 Å². The van der Waals surface area contributed by atoms with E-state index in [-0.39, 0.29) is 0 Å². The zero-order valence-electron chi connectivity index (χ0n) is 9.86. The van der Waals surface area contributed by atoms with Gasteiger partial charge >= 0.3 is 0 Å². The molecule has 1 aliphatic rings. The summed E-state index contributed by atoms with van der Waals surface area (Å²) in [5.41, 5.74) is 0. The molecule has 1 saturated heterocycles. The van der Waals surface area contributed by atoms with Gasteiger partial charge in [-0.15, -0.1) is 0 Å². The van der Waals surface area contributed by atoms with Crippen molar-refractivity contribution in [1.82, 2.24) is 15.3 Å². The monoisotopic (exact) mass is 222 g/mol. The summed E-state index contributed by atoms with van der Waals surface area (Å²) >= 11 is 0. The van der Waals surface area contributed by atoms with Crippen molar-refractivity contribution in [1.29, 1.82) is 0 Å². The number of methoxy groups -OCH3 is 1. The molecule has 0 unspecified atom stereocenters. The van der Waals surface area contributed by atoms with Gasteiger partial charge in [-0.25, -0.2) is 4.98 Å². The van der Waals surface area contributed by atoms with E-state index in [0.717, 1.165) is 44.2 Å². The second-order valence-electron chi connectivity index (χ2n) is 3.91. The van der Waals surface area contributed by atoms with Crippen LogP contribution >= 0.6 is 0 Å². The predicted molar refractivity (Wildman–Crippen MR) is 63.0 cm³/mol. The van der Waals surface area contributed by atoms with Crippen LogP contribution in [0.3, 0.4) is 0 Å². The summed E-state index contributed by atoms with van der Waals surface area (Å²) in [4.78, 5) is 10.9. The topological polar surface area (TPSA) is 50.3 Å². The molecule has 0 aliphatic carbocycles. The van der Waals surface area contributed by atoms with Crippen molar-refractivity contribution >= 4 is 5.82 Å². The van der Waals surface area contributed by atoms with Crippen LogP contribution in [0, 0.1) is 6.92 Å². The Morgan fingerprint density at radius 3 is 3.00 bits per heavy atom. The molecule has 0 spiro atoms. The summed E-state index contributed by atoms with van der Waals surface area (Å²) in [5, 5.41) is 3.37. The Kier molecular flexibility index (Phi) is 3.56. The van der Waals surface area contributed by atoms with Gasteiger partial charge in [0.25, 0.3) is 0 Å². The van der Waals surface area contributed by atoms with Gasteiger partial charge in [-0.1, -0.05) is 0 Å². The fourth-order valence-corrected chi connectivity index (χ4v) is 1.87. The lowest BCUT2D eigenvalue weighted by Gasteiger charge is -2.21. The lowest BCUT2D eigenvalue weighted by molar-refractivity contribution is 0.395. The highest BCUT2D eigenvalue weighted by Gasteiger charge is 2.12. The number of ether oxygens (including phenoxy) is 1. The molecule has 2 heterocycles. The second kappa shape index (κ2) is 5.12. The minimum Gasteiger partial charge on any atom is -0.481 e. The van der Waals surface area contributed by atoms with Gasteiger partial charge in [0.05, 0.1) is 7.11 Å². The van der Waals surface area contributed by atoms with Gasteiger partial charge in [-0.3, -0.25) is 0 Å². The highest BCUT2D eigenvalue weighted by molar-refractivity contribution is 5.42. The largest absolute Gasteiger partial charge is 0.481 e. The van der Waals surface area contributed by atoms with E-state index in [1.54, 1.807) is 7.11 Å². The Morgan fingerprint density at radius 1 is 1.31 bits per heavy atom. The number of rotatable bonds is 2. The van der Waals surface area contributed by atoms with Crippen LogP contribution in [-0.4, -0.2) is 43.3 Å². The number of aromatic nitrogens is 2. The second-order valence-corrected chi connectivity index (χ2v) is 3.91. The first-order valence-corrected chi connectivity index (χ1v) is 5.65. The summed E-state index contributed by atoms with van der Waals surface area (Å²) < 4.78 is 5.16. The third-order valence-electron chi connectivity index (χ3n) is 2.67. The molecule has 5 nitrogen and oxygen atoms in total. The Labute approximate surface area is 95.8 Å². The maximum absolute atomic E-state index is 5.16. The van der Waals surface area contributed by atoms with Crippen LogP contribution < -0.4 is 15.0 Å². The molecule has 1 aliphatic heterocycles. The quantitative estimate of drug-likeness (QED) is 0.794. The van der Waals surface area contributed by atoms with Crippen molar-refractivity contribution in [3.63, 3.8) is 0 Å². The lowest BCUT2D eigenvalue weighted by atomic mass is 10.4. The van der Waals surface area contributed by atoms with Crippen LogP contribution in [0.25, 0.3) is 0 Å². The first kappa shape index (κ1) is 11.1. The van der Waals surface area contributed by atoms with E-state index in [9.17, 15) is 0 Å². The number of aryl methyl sites for hydroxylation is 1. The molecule has 0 amide bonds. The van der Waals surface area contributed by atoms with Crippen molar-refractivity contribution in [2.24, 2.45) is 0 Å². The number of hydrogen-bond acceptors (Lipinski definition) is 5. The molecule has 1 fully saturated rings. The summed E-state index contributed by atoms with van der Waals surface area (Å²) in [6.45, 7) is 6.00. The molecule has 0 saturated carbocycles. The molecule has 0 atom stereocenters. The summed E-state index contributed by atoms with van der Waals surface area (Å²) in [5.74, 6) is 2.36. The fraction of sp³-hybridized carbons (Fsp3) is 0.636. The van der Waals surface area contributed by atoms with Crippen molar-refractivity contribution in [2.45, 2.75) is 13.3 Å². The van der Waals surface area contributed by atoms with Gasteiger partial charge in [0.2, 0.25) is 5.88 Å². The van der Waals surface area contributed by atoms with Crippen molar-refractivity contribution in [3.05, 3.63) is 11.9 Å². The molecule has 16 heavy (non-hydrogen) atoms. The molecule has 0 aromatic carbocycles. The zero-order chi connectivity index (χ0) is 11.4. The van der Waals surface area contributed by atoms with Crippen LogP contribution in [0.1, 0.15) is 12.2 Å². The van der Waals surface area contributed by atoms with Crippen molar-refractivity contribution in [2.75, 3.05) is 38.2 Å². The van der Waals surface area contributed by atoms with Crippen LogP contribution in [0.2, 0.25) is 0 Å². The van der Waals surface area contributed by atoms with Crippen LogP contribution in [0.4, 0.5) is 5.82 Å². The Hall–Kier alpha value is -1.36. The number of anilines is 1. The van der Waals surface area contributed by atoms with Crippen LogP contribution in [0.15, 0.2) is 6.07 Å². The highest BCUT2D eigenvalue weighted by Crippen LogP contribution is 2.17. The van der Waals surface area contributed by atoms with E-state index in [4.69, 9.17) is 4.74 Å². The molecule has 2 rings (SSSR count). The summed E-state index contributed by atoms with van der Waals surface area (Å²) in [6.07, 6.45) is 1.14. The van der Waals surface area contributed by atoms with Gasteiger partial charge in [0, 0.05) is 25.7 Å². The SMILES string of the molecule is COc1cc(N2CCCNCC2)nc(C)n1. The normalized spacial score (nSPS) is 17.0. The van der Waals surface area contributed by atoms with Gasteiger partial charge in [0.1, 0.15) is 11.6 Å². The van der Waals surface area contributed by atoms with Gasteiger partial charge < -0.3 is 15.0 Å². The molecule has 0 bridgehead atoms. The van der Waals surface area contributed by atoms with E-state index in [1.165, 1.54) is 0 Å². The first-order valence-electron chi connectivity index (χ1n) is 5.65. The predicted octanol–water partition coefficient (Wildman–Crippen LogP) is 0.593. The molecule has 1 N–H and O–H groups in total. The summed E-state index contributed by atoms with van der Waals surface area (Å²) in [7, 11) is 1.63. The van der Waals surface area contributed by atoms with Crippen molar-refractivity contribution < 1.29 is 4.74 Å². The molecule has 1 aromatic rings. The molecular formula is C11H18N4O. The highest BCUT2D eigenvalue weighted by atomic mass is 16.5. The fourth-order valence-electron chi connectivity index (χ4n) is 1.87. The van der Waals surface area contributed by atoms with E-state index in [1.807, 2.05) is 13.0 Å². The third-order valence-corrected chi connectivity index (χ3v) is 2.67. The van der Waals surface area contributed by atoms with Crippen LogP contribution in [-0.2, 0) is 0 Å². The number of hydrogen-bond donors (Lipinski definition) is 1. The van der Waals surface area contributed by atoms with E-state index in [2.05, 4.69) is 20.2 Å². The Bertz CT molecular complexity index is 348. The summed E-state index contributed by atoms with van der Waals surface area (Å²) in [6, 6.07) is 1.90. The smallest absolute Gasteiger partial charge is 0.218 e. The zero-order valence-corrected chi connectivity index (χ0v) is 9.86. The molecule has 0 radical (unpaired) electrons. The molecular weight excluding hydrogens is 204 g/mol. The van der Waals surface area contributed by atoms with Gasteiger partial charge in [-0.05, 0) is 19.9 Å². The number of nitrogens with zero attached hydrogens (tertiary/aromatic N) is 3. The Morgan fingerprint density at radius 2 is 2.19 bits per heavy atom. The minimum atomic E-state index is 0.639. The standard InChI is InChI=1S/C11H18N4O/c1-9-13-10(8-11(14-9)16-2)15-6-3-4-12-5-7-15/h8,12H,3-7H2,1-2H3. The van der Waals surface area contributed by atoms with E-state index >= 15 is 0 Å². The van der Waals surface area contributed by atoms with E-state index < -0.39 is 0 Å². The molecule has 88 valence electrons. The lowest BCUT2D eigenvalue weighted by Crippen LogP contribution is -2.28. The van der Waals surface area contributed by atoms with E-state index in [0.29, 0.717) is 5.88 Å².